The van der Waals surface area contributed by atoms with Gasteiger partial charge in [-0.2, -0.15) is 0 Å². The van der Waals surface area contributed by atoms with Gasteiger partial charge < -0.3 is 4.74 Å². The van der Waals surface area contributed by atoms with Crippen LogP contribution in [0.4, 0.5) is 0 Å². The Morgan fingerprint density at radius 2 is 1.94 bits per heavy atom. The van der Waals surface area contributed by atoms with Crippen LogP contribution in [0, 0.1) is 13.8 Å². The Labute approximate surface area is 112 Å². The van der Waals surface area contributed by atoms with Crippen molar-refractivity contribution in [1.82, 2.24) is 9.97 Å². The molecule has 2 aromatic rings. The zero-order valence-corrected chi connectivity index (χ0v) is 11.4. The summed E-state index contributed by atoms with van der Waals surface area (Å²) in [6.07, 6.45) is 3.50. The molecule has 0 saturated heterocycles. The monoisotopic (exact) mass is 260 g/mol. The highest BCUT2D eigenvalue weighted by Gasteiger charge is 2.00. The average molecular weight is 260 g/mol. The first-order chi connectivity index (χ1) is 8.75. The summed E-state index contributed by atoms with van der Waals surface area (Å²) in [5, 5.41) is 0.794. The highest BCUT2D eigenvalue weighted by Crippen LogP contribution is 2.19. The van der Waals surface area contributed by atoms with E-state index in [0.717, 1.165) is 16.7 Å². The van der Waals surface area contributed by atoms with Gasteiger partial charge in [-0.1, -0.05) is 23.9 Å². The van der Waals surface area contributed by atoms with Gasteiger partial charge in [0.1, 0.15) is 5.75 Å². The van der Waals surface area contributed by atoms with Crippen molar-refractivity contribution in [3.8, 4) is 5.75 Å². The number of thioether (sulfide) groups is 1. The van der Waals surface area contributed by atoms with Crippen LogP contribution >= 0.6 is 11.8 Å². The van der Waals surface area contributed by atoms with Crippen molar-refractivity contribution in [1.29, 1.82) is 0 Å². The predicted octanol–water partition coefficient (Wildman–Crippen LogP) is 3.26. The second-order valence-corrected chi connectivity index (χ2v) is 5.06. The maximum absolute atomic E-state index is 5.76. The standard InChI is InChI=1S/C14H16N2OS/c1-11-4-5-12(2)13(10-11)17-8-9-18-14-15-6-3-7-16-14/h3-7,10H,8-9H2,1-2H3. The van der Waals surface area contributed by atoms with Crippen molar-refractivity contribution < 1.29 is 4.74 Å². The lowest BCUT2D eigenvalue weighted by Crippen LogP contribution is -2.02. The Morgan fingerprint density at radius 1 is 1.17 bits per heavy atom. The van der Waals surface area contributed by atoms with E-state index in [-0.39, 0.29) is 0 Å². The lowest BCUT2D eigenvalue weighted by molar-refractivity contribution is 0.341. The van der Waals surface area contributed by atoms with Crippen LogP contribution in [0.5, 0.6) is 5.75 Å². The zero-order chi connectivity index (χ0) is 12.8. The number of aromatic nitrogens is 2. The summed E-state index contributed by atoms with van der Waals surface area (Å²) in [6, 6.07) is 8.06. The van der Waals surface area contributed by atoms with Gasteiger partial charge in [0.05, 0.1) is 6.61 Å². The number of rotatable bonds is 5. The summed E-state index contributed by atoms with van der Waals surface area (Å²) in [7, 11) is 0. The van der Waals surface area contributed by atoms with E-state index >= 15 is 0 Å². The lowest BCUT2D eigenvalue weighted by atomic mass is 10.1. The fourth-order valence-corrected chi connectivity index (χ4v) is 2.13. The molecule has 1 aromatic carbocycles. The summed E-state index contributed by atoms with van der Waals surface area (Å²) >= 11 is 1.60. The van der Waals surface area contributed by atoms with E-state index in [1.54, 1.807) is 24.2 Å². The third kappa shape index (κ3) is 3.74. The molecule has 18 heavy (non-hydrogen) atoms. The minimum atomic E-state index is 0.660. The molecule has 0 N–H and O–H groups in total. The molecule has 0 saturated carbocycles. The number of benzene rings is 1. The number of nitrogens with zero attached hydrogens (tertiary/aromatic N) is 2. The number of hydrogen-bond acceptors (Lipinski definition) is 4. The van der Waals surface area contributed by atoms with Gasteiger partial charge in [-0.25, -0.2) is 9.97 Å². The van der Waals surface area contributed by atoms with Gasteiger partial charge in [0.15, 0.2) is 5.16 Å². The molecule has 94 valence electrons. The summed E-state index contributed by atoms with van der Waals surface area (Å²) in [4.78, 5) is 8.30. The van der Waals surface area contributed by atoms with Crippen molar-refractivity contribution in [2.24, 2.45) is 0 Å². The molecule has 0 radical (unpaired) electrons. The van der Waals surface area contributed by atoms with Crippen LogP contribution in [0.2, 0.25) is 0 Å². The molecule has 0 amide bonds. The van der Waals surface area contributed by atoms with Gasteiger partial charge >= 0.3 is 0 Å². The third-order valence-electron chi connectivity index (χ3n) is 2.46. The van der Waals surface area contributed by atoms with Crippen LogP contribution in [-0.2, 0) is 0 Å². The van der Waals surface area contributed by atoms with Gasteiger partial charge in [0.2, 0.25) is 0 Å². The summed E-state index contributed by atoms with van der Waals surface area (Å²) in [5.41, 5.74) is 2.39. The molecule has 2 rings (SSSR count). The quantitative estimate of drug-likeness (QED) is 0.469. The molecule has 0 aliphatic rings. The average Bonchev–Trinajstić information content (AvgIpc) is 2.40. The van der Waals surface area contributed by atoms with Crippen LogP contribution in [0.25, 0.3) is 0 Å². The number of ether oxygens (including phenoxy) is 1. The smallest absolute Gasteiger partial charge is 0.187 e. The highest BCUT2D eigenvalue weighted by molar-refractivity contribution is 7.99. The fraction of sp³-hybridized carbons (Fsp3) is 0.286. The van der Waals surface area contributed by atoms with Crippen LogP contribution in [-0.4, -0.2) is 22.3 Å². The van der Waals surface area contributed by atoms with Crippen molar-refractivity contribution >= 4 is 11.8 Å². The summed E-state index contributed by atoms with van der Waals surface area (Å²) in [6.45, 7) is 4.79. The van der Waals surface area contributed by atoms with Crippen LogP contribution in [0.3, 0.4) is 0 Å². The number of aryl methyl sites for hydroxylation is 2. The van der Waals surface area contributed by atoms with Crippen LogP contribution < -0.4 is 4.74 Å². The lowest BCUT2D eigenvalue weighted by Gasteiger charge is -2.09. The SMILES string of the molecule is Cc1ccc(C)c(OCCSc2ncccn2)c1. The Bertz CT molecular complexity index is 502. The maximum atomic E-state index is 5.76. The van der Waals surface area contributed by atoms with Crippen molar-refractivity contribution in [2.45, 2.75) is 19.0 Å². The van der Waals surface area contributed by atoms with Crippen molar-refractivity contribution in [3.05, 3.63) is 47.8 Å². The first kappa shape index (κ1) is 12.9. The Morgan fingerprint density at radius 3 is 2.72 bits per heavy atom. The normalized spacial score (nSPS) is 10.3. The highest BCUT2D eigenvalue weighted by atomic mass is 32.2. The van der Waals surface area contributed by atoms with Crippen LogP contribution in [0.15, 0.2) is 41.8 Å². The molecular weight excluding hydrogens is 244 g/mol. The molecule has 0 atom stereocenters. The fourth-order valence-electron chi connectivity index (χ4n) is 1.51. The van der Waals surface area contributed by atoms with Gasteiger partial charge in [0, 0.05) is 18.1 Å². The van der Waals surface area contributed by atoms with E-state index in [2.05, 4.69) is 42.0 Å². The van der Waals surface area contributed by atoms with E-state index in [9.17, 15) is 0 Å². The molecule has 0 aliphatic carbocycles. The number of hydrogen-bond donors (Lipinski definition) is 0. The first-order valence-electron chi connectivity index (χ1n) is 5.85. The second kappa shape index (κ2) is 6.40. The first-order valence-corrected chi connectivity index (χ1v) is 6.84. The molecular formula is C14H16N2OS. The summed E-state index contributed by atoms with van der Waals surface area (Å²) in [5.74, 6) is 1.81. The molecule has 0 fully saturated rings. The molecule has 3 nitrogen and oxygen atoms in total. The maximum Gasteiger partial charge on any atom is 0.187 e. The molecule has 1 heterocycles. The van der Waals surface area contributed by atoms with E-state index in [1.807, 2.05) is 6.07 Å². The zero-order valence-electron chi connectivity index (χ0n) is 10.6. The van der Waals surface area contributed by atoms with Crippen molar-refractivity contribution in [3.63, 3.8) is 0 Å². The molecule has 4 heteroatoms. The van der Waals surface area contributed by atoms with Gasteiger partial charge in [-0.05, 0) is 37.1 Å². The topological polar surface area (TPSA) is 35.0 Å². The molecule has 0 spiro atoms. The Hall–Kier alpha value is -1.55. The Balaban J connectivity index is 1.80. The van der Waals surface area contributed by atoms with E-state index < -0.39 is 0 Å². The minimum absolute atomic E-state index is 0.660. The third-order valence-corrected chi connectivity index (χ3v) is 3.30. The molecule has 0 bridgehead atoms. The van der Waals surface area contributed by atoms with Crippen LogP contribution in [0.1, 0.15) is 11.1 Å². The molecule has 0 aliphatic heterocycles. The van der Waals surface area contributed by atoms with E-state index in [0.29, 0.717) is 6.61 Å². The Kier molecular flexibility index (Phi) is 4.59. The largest absolute Gasteiger partial charge is 0.492 e. The van der Waals surface area contributed by atoms with E-state index in [1.165, 1.54) is 11.1 Å². The predicted molar refractivity (Wildman–Crippen MR) is 74.2 cm³/mol. The molecule has 1 aromatic heterocycles. The van der Waals surface area contributed by atoms with Gasteiger partial charge in [-0.15, -0.1) is 0 Å². The molecule has 0 unspecified atom stereocenters. The summed E-state index contributed by atoms with van der Waals surface area (Å²) < 4.78 is 5.76. The second-order valence-electron chi connectivity index (χ2n) is 4.00. The van der Waals surface area contributed by atoms with Gasteiger partial charge in [0.25, 0.3) is 0 Å². The van der Waals surface area contributed by atoms with E-state index in [4.69, 9.17) is 4.74 Å². The van der Waals surface area contributed by atoms with Crippen molar-refractivity contribution in [2.75, 3.05) is 12.4 Å². The van der Waals surface area contributed by atoms with Gasteiger partial charge in [-0.3, -0.25) is 0 Å². The minimum Gasteiger partial charge on any atom is -0.492 e.